The van der Waals surface area contributed by atoms with Crippen LogP contribution >= 0.6 is 0 Å². The van der Waals surface area contributed by atoms with E-state index >= 15 is 0 Å². The Bertz CT molecular complexity index is 632. The van der Waals surface area contributed by atoms with Crippen molar-refractivity contribution in [3.63, 3.8) is 0 Å². The van der Waals surface area contributed by atoms with Crippen molar-refractivity contribution in [2.75, 3.05) is 13.1 Å². The fourth-order valence-corrected chi connectivity index (χ4v) is 3.20. The van der Waals surface area contributed by atoms with Crippen molar-refractivity contribution in [3.8, 4) is 0 Å². The van der Waals surface area contributed by atoms with Crippen molar-refractivity contribution < 1.29 is 0 Å². The molecular weight excluding hydrogens is 400 g/mol. The Balaban J connectivity index is 0. The molecule has 2 rings (SSSR count). The predicted molar refractivity (Wildman–Crippen MR) is 153 cm³/mol. The Labute approximate surface area is 207 Å². The molecule has 1 saturated heterocycles. The van der Waals surface area contributed by atoms with E-state index in [1.807, 2.05) is 39.8 Å². The summed E-state index contributed by atoms with van der Waals surface area (Å²) in [6.45, 7) is 26.7. The summed E-state index contributed by atoms with van der Waals surface area (Å²) >= 11 is 0. The zero-order chi connectivity index (χ0) is 25.5. The first kappa shape index (κ1) is 33.1. The molecule has 0 amide bonds. The average molecular weight is 455 g/mol. The van der Waals surface area contributed by atoms with Gasteiger partial charge in [-0.25, -0.2) is 0 Å². The fraction of sp³-hybridized carbons (Fsp3) is 0.581. The summed E-state index contributed by atoms with van der Waals surface area (Å²) in [7, 11) is 0. The molecule has 1 aliphatic rings. The third-order valence-electron chi connectivity index (χ3n) is 5.09. The monoisotopic (exact) mass is 454 g/mol. The zero-order valence-electron chi connectivity index (χ0n) is 23.3. The number of hydrogen-bond acceptors (Lipinski definition) is 2. The van der Waals surface area contributed by atoms with Gasteiger partial charge in [0.25, 0.3) is 0 Å². The maximum Gasteiger partial charge on any atom is 0.0856 e. The molecular formula is C31H54N2. The van der Waals surface area contributed by atoms with Gasteiger partial charge in [0.05, 0.1) is 11.4 Å². The number of unbranched alkanes of at least 4 members (excludes halogenated alkanes) is 5. The molecule has 0 atom stereocenters. The summed E-state index contributed by atoms with van der Waals surface area (Å²) < 4.78 is 0. The molecule has 0 unspecified atom stereocenters. The van der Waals surface area contributed by atoms with Crippen molar-refractivity contribution >= 4 is 5.71 Å². The zero-order valence-corrected chi connectivity index (χ0v) is 23.3. The second kappa shape index (κ2) is 23.1. The second-order valence-electron chi connectivity index (χ2n) is 8.44. The van der Waals surface area contributed by atoms with Crippen molar-refractivity contribution in [2.24, 2.45) is 4.99 Å². The third-order valence-corrected chi connectivity index (χ3v) is 5.09. The molecule has 0 bridgehead atoms. The number of rotatable bonds is 9. The van der Waals surface area contributed by atoms with Gasteiger partial charge in [0.1, 0.15) is 0 Å². The SMILES string of the molecule is C=C(C)N=C(/C=C\C)C(=C)N1CCCC1.CC.CCCCCCCC.Cc1ccc(C)cc1. The smallest absolute Gasteiger partial charge is 0.0856 e. The highest BCUT2D eigenvalue weighted by molar-refractivity contribution is 6.08. The van der Waals surface area contributed by atoms with E-state index in [0.717, 1.165) is 30.2 Å². The van der Waals surface area contributed by atoms with Gasteiger partial charge in [0, 0.05) is 18.8 Å². The number of aryl methyl sites for hydroxylation is 2. The average Bonchev–Trinajstić information content (AvgIpc) is 3.35. The lowest BCUT2D eigenvalue weighted by Crippen LogP contribution is -2.22. The van der Waals surface area contributed by atoms with Gasteiger partial charge in [0.15, 0.2) is 0 Å². The minimum absolute atomic E-state index is 0.823. The lowest BCUT2D eigenvalue weighted by atomic mass is 10.1. The molecule has 0 radical (unpaired) electrons. The summed E-state index contributed by atoms with van der Waals surface area (Å²) in [4.78, 5) is 6.70. The lowest BCUT2D eigenvalue weighted by Gasteiger charge is -2.20. The van der Waals surface area contributed by atoms with Gasteiger partial charge in [-0.15, -0.1) is 0 Å². The van der Waals surface area contributed by atoms with E-state index in [9.17, 15) is 0 Å². The molecule has 0 N–H and O–H groups in total. The molecule has 2 nitrogen and oxygen atoms in total. The van der Waals surface area contributed by atoms with E-state index in [2.05, 4.69) is 75.0 Å². The van der Waals surface area contributed by atoms with E-state index in [4.69, 9.17) is 0 Å². The highest BCUT2D eigenvalue weighted by Gasteiger charge is 2.15. The summed E-state index contributed by atoms with van der Waals surface area (Å²) in [5.41, 5.74) is 5.44. The summed E-state index contributed by atoms with van der Waals surface area (Å²) in [6, 6.07) is 8.48. The number of nitrogens with zero attached hydrogens (tertiary/aromatic N) is 2. The highest BCUT2D eigenvalue weighted by Crippen LogP contribution is 2.15. The van der Waals surface area contributed by atoms with E-state index < -0.39 is 0 Å². The Morgan fingerprint density at radius 2 is 1.30 bits per heavy atom. The standard InChI is InChI=1S/C13H20N2.C8H10.C8H18.C2H6/c1-5-8-13(14-11(2)3)12(4)15-9-6-7-10-15;1-7-3-5-8(2)6-4-7;1-3-5-7-8-6-4-2;1-2/h5,8H,2,4,6-7,9-10H2,1,3H3;3-6H,1-2H3;3-8H2,1-2H3;1-2H3/b8-5-,14-13?;;;. The summed E-state index contributed by atoms with van der Waals surface area (Å²) in [5, 5.41) is 0. The molecule has 1 fully saturated rings. The number of benzene rings is 1. The molecule has 0 aliphatic carbocycles. The molecule has 33 heavy (non-hydrogen) atoms. The van der Waals surface area contributed by atoms with Crippen LogP contribution in [-0.4, -0.2) is 23.7 Å². The van der Waals surface area contributed by atoms with Gasteiger partial charge < -0.3 is 4.90 Å². The van der Waals surface area contributed by atoms with Crippen LogP contribution in [-0.2, 0) is 0 Å². The molecule has 1 aromatic carbocycles. The number of aliphatic imine (C=N–C) groups is 1. The summed E-state index contributed by atoms with van der Waals surface area (Å²) in [5.74, 6) is 0. The van der Waals surface area contributed by atoms with Crippen molar-refractivity contribution in [1.82, 2.24) is 4.90 Å². The third kappa shape index (κ3) is 19.1. The van der Waals surface area contributed by atoms with Gasteiger partial charge in [-0.1, -0.05) is 121 Å². The van der Waals surface area contributed by atoms with Crippen LogP contribution in [0, 0.1) is 13.8 Å². The Morgan fingerprint density at radius 3 is 1.64 bits per heavy atom. The second-order valence-corrected chi connectivity index (χ2v) is 8.44. The van der Waals surface area contributed by atoms with E-state index in [0.29, 0.717) is 0 Å². The van der Waals surface area contributed by atoms with Crippen LogP contribution in [0.5, 0.6) is 0 Å². The van der Waals surface area contributed by atoms with Crippen molar-refractivity contribution in [2.45, 2.75) is 107 Å². The number of allylic oxidation sites excluding steroid dienone is 3. The first-order valence-electron chi connectivity index (χ1n) is 13.2. The lowest BCUT2D eigenvalue weighted by molar-refractivity contribution is 0.450. The maximum absolute atomic E-state index is 4.41. The van der Waals surface area contributed by atoms with Crippen molar-refractivity contribution in [1.29, 1.82) is 0 Å². The van der Waals surface area contributed by atoms with Crippen LogP contribution in [0.2, 0.25) is 0 Å². The minimum Gasteiger partial charge on any atom is -0.370 e. The van der Waals surface area contributed by atoms with Crippen LogP contribution < -0.4 is 0 Å². The maximum atomic E-state index is 4.41. The summed E-state index contributed by atoms with van der Waals surface area (Å²) in [6.07, 6.45) is 15.0. The molecule has 0 saturated carbocycles. The molecule has 0 spiro atoms. The molecule has 2 heteroatoms. The Morgan fingerprint density at radius 1 is 0.879 bits per heavy atom. The topological polar surface area (TPSA) is 15.6 Å². The van der Waals surface area contributed by atoms with Crippen LogP contribution in [0.1, 0.15) is 104 Å². The van der Waals surface area contributed by atoms with Gasteiger partial charge in [0.2, 0.25) is 0 Å². The molecule has 1 aromatic rings. The first-order valence-corrected chi connectivity index (χ1v) is 13.2. The molecule has 1 aliphatic heterocycles. The minimum atomic E-state index is 0.823. The van der Waals surface area contributed by atoms with E-state index in [1.165, 1.54) is 62.5 Å². The quantitative estimate of drug-likeness (QED) is 0.268. The fourth-order valence-electron chi connectivity index (χ4n) is 3.20. The Kier molecular flexibility index (Phi) is 23.1. The van der Waals surface area contributed by atoms with E-state index in [1.54, 1.807) is 0 Å². The normalized spacial score (nSPS) is 12.7. The van der Waals surface area contributed by atoms with Crippen LogP contribution in [0.15, 0.2) is 66.0 Å². The van der Waals surface area contributed by atoms with Gasteiger partial charge in [-0.3, -0.25) is 4.99 Å². The number of likely N-dealkylation sites (tertiary alicyclic amines) is 1. The Hall–Kier alpha value is -2.09. The number of hydrogen-bond donors (Lipinski definition) is 0. The first-order chi connectivity index (χ1) is 15.8. The predicted octanol–water partition coefficient (Wildman–Crippen LogP) is 9.84. The molecule has 188 valence electrons. The van der Waals surface area contributed by atoms with Gasteiger partial charge in [-0.2, -0.15) is 0 Å². The van der Waals surface area contributed by atoms with Crippen LogP contribution in [0.4, 0.5) is 0 Å². The largest absolute Gasteiger partial charge is 0.370 e. The van der Waals surface area contributed by atoms with Crippen LogP contribution in [0.3, 0.4) is 0 Å². The van der Waals surface area contributed by atoms with Gasteiger partial charge >= 0.3 is 0 Å². The molecule has 0 aromatic heterocycles. The highest BCUT2D eigenvalue weighted by atomic mass is 15.2. The van der Waals surface area contributed by atoms with Crippen molar-refractivity contribution in [3.05, 3.63) is 72.1 Å². The van der Waals surface area contributed by atoms with Crippen LogP contribution in [0.25, 0.3) is 0 Å². The van der Waals surface area contributed by atoms with E-state index in [-0.39, 0.29) is 0 Å². The van der Waals surface area contributed by atoms with Gasteiger partial charge in [-0.05, 0) is 46.6 Å². The molecule has 1 heterocycles.